The molecule has 2 aromatic rings. The number of nitrogens with one attached hydrogen (secondary N) is 1. The van der Waals surface area contributed by atoms with Crippen molar-refractivity contribution in [2.75, 3.05) is 0 Å². The second-order valence-electron chi connectivity index (χ2n) is 7.46. The van der Waals surface area contributed by atoms with Crippen LogP contribution in [-0.2, 0) is 11.4 Å². The fraction of sp³-hybridized carbons (Fsp3) is 0.450. The molecule has 0 bridgehead atoms. The van der Waals surface area contributed by atoms with Crippen LogP contribution in [0.1, 0.15) is 69.0 Å². The second kappa shape index (κ2) is 7.68. The van der Waals surface area contributed by atoms with Crippen molar-refractivity contribution < 1.29 is 4.55 Å². The number of pyridine rings is 1. The number of aryl methyl sites for hydroxylation is 1. The Morgan fingerprint density at radius 3 is 2.25 bits per heavy atom. The van der Waals surface area contributed by atoms with Crippen LogP contribution in [0.3, 0.4) is 0 Å². The third-order valence-corrected chi connectivity index (χ3v) is 5.57. The van der Waals surface area contributed by atoms with E-state index >= 15 is 0 Å². The van der Waals surface area contributed by atoms with Gasteiger partial charge in [0.15, 0.2) is 0 Å². The van der Waals surface area contributed by atoms with Crippen molar-refractivity contribution in [3.63, 3.8) is 0 Å². The first kappa shape index (κ1) is 19.0. The van der Waals surface area contributed by atoms with Gasteiger partial charge < -0.3 is 4.55 Å². The molecule has 0 aliphatic heterocycles. The van der Waals surface area contributed by atoms with Crippen LogP contribution in [0.2, 0.25) is 0 Å². The van der Waals surface area contributed by atoms with Crippen molar-refractivity contribution in [1.29, 1.82) is 0 Å². The lowest BCUT2D eigenvalue weighted by atomic mass is 9.97. The van der Waals surface area contributed by atoms with Crippen molar-refractivity contribution >= 4 is 11.4 Å². The standard InChI is InChI=1S/C20H28N2OS/c1-14(2)17-13-21-18(12-15(17)3)19(16-10-8-7-9-11-16)22-24(23)20(4,5)6/h7-14,19,22H,1-6H3. The normalized spacial score (nSPS) is 14.7. The van der Waals surface area contributed by atoms with E-state index in [0.29, 0.717) is 5.92 Å². The maximum Gasteiger partial charge on any atom is 0.136 e. The summed E-state index contributed by atoms with van der Waals surface area (Å²) in [4.78, 5) is 4.68. The zero-order valence-corrected chi connectivity index (χ0v) is 16.3. The van der Waals surface area contributed by atoms with E-state index in [1.165, 1.54) is 11.1 Å². The maximum atomic E-state index is 12.7. The third-order valence-electron chi connectivity index (χ3n) is 4.00. The van der Waals surface area contributed by atoms with Gasteiger partial charge in [0.05, 0.1) is 5.69 Å². The Morgan fingerprint density at radius 2 is 1.75 bits per heavy atom. The van der Waals surface area contributed by atoms with Gasteiger partial charge in [0.2, 0.25) is 0 Å². The summed E-state index contributed by atoms with van der Waals surface area (Å²) < 4.78 is 15.6. The van der Waals surface area contributed by atoms with Gasteiger partial charge in [-0.25, -0.2) is 0 Å². The van der Waals surface area contributed by atoms with E-state index in [0.717, 1.165) is 11.3 Å². The lowest BCUT2D eigenvalue weighted by Crippen LogP contribution is -2.41. The second-order valence-corrected chi connectivity index (χ2v) is 9.46. The summed E-state index contributed by atoms with van der Waals surface area (Å²) in [7, 11) is 0. The molecule has 1 heterocycles. The van der Waals surface area contributed by atoms with Crippen LogP contribution in [0.4, 0.5) is 0 Å². The van der Waals surface area contributed by atoms with E-state index in [1.54, 1.807) is 0 Å². The van der Waals surface area contributed by atoms with Gasteiger partial charge in [0.25, 0.3) is 0 Å². The first-order valence-corrected chi connectivity index (χ1v) is 9.54. The highest BCUT2D eigenvalue weighted by Crippen LogP contribution is 2.27. The molecule has 0 fully saturated rings. The highest BCUT2D eigenvalue weighted by atomic mass is 32.2. The summed E-state index contributed by atoms with van der Waals surface area (Å²) in [5, 5.41) is 0. The van der Waals surface area contributed by atoms with Gasteiger partial charge in [-0.05, 0) is 56.4 Å². The fourth-order valence-electron chi connectivity index (χ4n) is 2.58. The molecule has 2 unspecified atom stereocenters. The smallest absolute Gasteiger partial charge is 0.136 e. The van der Waals surface area contributed by atoms with Crippen LogP contribution in [0.25, 0.3) is 0 Å². The molecule has 1 aromatic carbocycles. The molecule has 0 aliphatic carbocycles. The van der Waals surface area contributed by atoms with Crippen LogP contribution >= 0.6 is 0 Å². The third kappa shape index (κ3) is 4.59. The van der Waals surface area contributed by atoms with Crippen LogP contribution in [0.5, 0.6) is 0 Å². The Kier molecular flexibility index (Phi) is 6.07. The summed E-state index contributed by atoms with van der Waals surface area (Å²) in [6.45, 7) is 12.4. The molecule has 0 spiro atoms. The van der Waals surface area contributed by atoms with Gasteiger partial charge in [-0.15, -0.1) is 4.72 Å². The first-order chi connectivity index (χ1) is 11.2. The Bertz CT molecular complexity index is 665. The minimum Gasteiger partial charge on any atom is -0.598 e. The zero-order chi connectivity index (χ0) is 17.9. The van der Waals surface area contributed by atoms with Crippen molar-refractivity contribution in [2.45, 2.75) is 58.2 Å². The number of nitrogens with zero attached hydrogens (tertiary/aromatic N) is 1. The minimum atomic E-state index is -1.18. The average molecular weight is 345 g/mol. The quantitative estimate of drug-likeness (QED) is 0.803. The molecule has 4 heteroatoms. The highest BCUT2D eigenvalue weighted by Gasteiger charge is 2.31. The van der Waals surface area contributed by atoms with Crippen molar-refractivity contribution in [3.05, 3.63) is 65.0 Å². The largest absolute Gasteiger partial charge is 0.598 e. The van der Waals surface area contributed by atoms with E-state index in [2.05, 4.69) is 36.5 Å². The van der Waals surface area contributed by atoms with Crippen LogP contribution in [0.15, 0.2) is 42.6 Å². The molecule has 0 radical (unpaired) electrons. The molecular formula is C20H28N2OS. The van der Waals surface area contributed by atoms with E-state index in [-0.39, 0.29) is 10.8 Å². The number of hydrogen-bond donors (Lipinski definition) is 1. The van der Waals surface area contributed by atoms with Crippen LogP contribution < -0.4 is 4.72 Å². The van der Waals surface area contributed by atoms with Gasteiger partial charge in [-0.2, -0.15) is 0 Å². The Balaban J connectivity index is 2.41. The summed E-state index contributed by atoms with van der Waals surface area (Å²) in [5.74, 6) is 0.443. The highest BCUT2D eigenvalue weighted by molar-refractivity contribution is 7.90. The molecule has 2 atom stereocenters. The van der Waals surface area contributed by atoms with Gasteiger partial charge in [0.1, 0.15) is 10.8 Å². The number of aromatic nitrogens is 1. The number of rotatable bonds is 5. The number of hydrogen-bond acceptors (Lipinski definition) is 3. The fourth-order valence-corrected chi connectivity index (χ4v) is 3.40. The molecule has 1 N–H and O–H groups in total. The molecular weight excluding hydrogens is 316 g/mol. The molecule has 0 aliphatic rings. The van der Waals surface area contributed by atoms with Crippen LogP contribution in [-0.4, -0.2) is 14.3 Å². The zero-order valence-electron chi connectivity index (χ0n) is 15.5. The summed E-state index contributed by atoms with van der Waals surface area (Å²) in [6, 6.07) is 12.0. The van der Waals surface area contributed by atoms with E-state index < -0.39 is 11.4 Å². The molecule has 24 heavy (non-hydrogen) atoms. The van der Waals surface area contributed by atoms with E-state index in [9.17, 15) is 4.55 Å². The number of benzene rings is 1. The Morgan fingerprint density at radius 1 is 1.12 bits per heavy atom. The maximum absolute atomic E-state index is 12.7. The van der Waals surface area contributed by atoms with Crippen LogP contribution in [0, 0.1) is 6.92 Å². The van der Waals surface area contributed by atoms with Crippen molar-refractivity contribution in [1.82, 2.24) is 9.71 Å². The van der Waals surface area contributed by atoms with E-state index in [1.807, 2.05) is 57.3 Å². The lowest BCUT2D eigenvalue weighted by Gasteiger charge is -2.28. The monoisotopic (exact) mass is 344 g/mol. The van der Waals surface area contributed by atoms with Gasteiger partial charge in [-0.3, -0.25) is 4.98 Å². The van der Waals surface area contributed by atoms with Gasteiger partial charge in [-0.1, -0.05) is 44.2 Å². The lowest BCUT2D eigenvalue weighted by molar-refractivity contribution is 0.534. The first-order valence-electron chi connectivity index (χ1n) is 8.39. The summed E-state index contributed by atoms with van der Waals surface area (Å²) in [5.41, 5.74) is 4.45. The van der Waals surface area contributed by atoms with Crippen molar-refractivity contribution in [3.8, 4) is 0 Å². The van der Waals surface area contributed by atoms with Crippen molar-refractivity contribution in [2.24, 2.45) is 0 Å². The van der Waals surface area contributed by atoms with E-state index in [4.69, 9.17) is 0 Å². The Hall–Kier alpha value is -1.36. The summed E-state index contributed by atoms with van der Waals surface area (Å²) in [6.07, 6.45) is 1.95. The van der Waals surface area contributed by atoms with Gasteiger partial charge in [0, 0.05) is 17.6 Å². The predicted molar refractivity (Wildman–Crippen MR) is 102 cm³/mol. The molecule has 0 saturated heterocycles. The Labute approximate surface area is 149 Å². The SMILES string of the molecule is Cc1cc(C(N[S+]([O-])C(C)(C)C)c2ccccc2)ncc1C(C)C. The predicted octanol–water partition coefficient (Wildman–Crippen LogP) is 4.65. The van der Waals surface area contributed by atoms with Gasteiger partial charge >= 0.3 is 0 Å². The summed E-state index contributed by atoms with van der Waals surface area (Å²) >= 11 is -1.18. The topological polar surface area (TPSA) is 48.0 Å². The molecule has 130 valence electrons. The molecule has 2 rings (SSSR count). The molecule has 1 aromatic heterocycles. The molecule has 0 saturated carbocycles. The molecule has 3 nitrogen and oxygen atoms in total. The minimum absolute atomic E-state index is 0.189. The average Bonchev–Trinajstić information content (AvgIpc) is 2.51. The molecule has 0 amide bonds.